The van der Waals surface area contributed by atoms with E-state index in [9.17, 15) is 4.79 Å². The third-order valence-electron chi connectivity index (χ3n) is 1.77. The van der Waals surface area contributed by atoms with Crippen molar-refractivity contribution < 1.29 is 9.90 Å². The second kappa shape index (κ2) is 8.53. The summed E-state index contributed by atoms with van der Waals surface area (Å²) in [5.74, 6) is -0.614. The lowest BCUT2D eigenvalue weighted by atomic mass is 10.0. The minimum Gasteiger partial charge on any atom is -0.481 e. The van der Waals surface area contributed by atoms with Gasteiger partial charge in [-0.05, 0) is 13.0 Å². The van der Waals surface area contributed by atoms with Crippen LogP contribution in [0.2, 0.25) is 0 Å². The van der Waals surface area contributed by atoms with E-state index in [1.165, 1.54) is 0 Å². The topological polar surface area (TPSA) is 109 Å². The van der Waals surface area contributed by atoms with Crippen molar-refractivity contribution in [1.82, 2.24) is 33.0 Å². The fourth-order valence-corrected chi connectivity index (χ4v) is 0.895. The molecule has 0 spiro atoms. The van der Waals surface area contributed by atoms with Crippen LogP contribution in [0.4, 0.5) is 0 Å². The maximum Gasteiger partial charge on any atom is 0.304 e. The largest absolute Gasteiger partial charge is 0.481 e. The summed E-state index contributed by atoms with van der Waals surface area (Å²) in [5, 5.41) is 8.65. The second-order valence-electron chi connectivity index (χ2n) is 3.34. The Morgan fingerprint density at radius 1 is 1.20 bits per heavy atom. The molecular formula is C7H20N6O2. The van der Waals surface area contributed by atoms with Gasteiger partial charge >= 0.3 is 5.97 Å². The van der Waals surface area contributed by atoms with Crippen molar-refractivity contribution in [3.63, 3.8) is 0 Å². The summed E-state index contributed by atoms with van der Waals surface area (Å²) in [4.78, 5) is 10.5. The molecule has 7 N–H and O–H groups in total. The van der Waals surface area contributed by atoms with Gasteiger partial charge in [-0.25, -0.2) is 10.9 Å². The molecule has 0 rings (SSSR count). The number of aliphatic carboxylic acids is 1. The average molecular weight is 220 g/mol. The van der Waals surface area contributed by atoms with Crippen LogP contribution in [-0.2, 0) is 4.79 Å². The summed E-state index contributed by atoms with van der Waals surface area (Å²) in [7, 11) is 1.70. The highest BCUT2D eigenvalue weighted by Crippen LogP contribution is 2.04. The summed E-state index contributed by atoms with van der Waals surface area (Å²) in [6, 6.07) is -0.147. The molecule has 8 heteroatoms. The highest BCUT2D eigenvalue weighted by molar-refractivity contribution is 5.67. The Hall–Kier alpha value is -0.770. The fourth-order valence-electron chi connectivity index (χ4n) is 0.895. The molecule has 0 bridgehead atoms. The highest BCUT2D eigenvalue weighted by Gasteiger charge is 2.15. The van der Waals surface area contributed by atoms with Crippen molar-refractivity contribution in [2.24, 2.45) is 5.92 Å². The Kier molecular flexibility index (Phi) is 8.09. The zero-order valence-corrected chi connectivity index (χ0v) is 9.22. The molecular weight excluding hydrogens is 200 g/mol. The van der Waals surface area contributed by atoms with Gasteiger partial charge in [-0.15, -0.1) is 0 Å². The van der Waals surface area contributed by atoms with Gasteiger partial charge in [0.2, 0.25) is 0 Å². The van der Waals surface area contributed by atoms with Gasteiger partial charge in [0.25, 0.3) is 0 Å². The third kappa shape index (κ3) is 8.24. The summed E-state index contributed by atoms with van der Waals surface area (Å²) in [6.07, 6.45) is 0.0613. The molecule has 90 valence electrons. The van der Waals surface area contributed by atoms with Crippen molar-refractivity contribution in [3.05, 3.63) is 0 Å². The maximum atomic E-state index is 10.5. The predicted octanol–water partition coefficient (Wildman–Crippen LogP) is -1.77. The fraction of sp³-hybridized carbons (Fsp3) is 0.857. The number of rotatable bonds is 9. The summed E-state index contributed by atoms with van der Waals surface area (Å²) in [6.45, 7) is 3.89. The average Bonchev–Trinajstić information content (AvgIpc) is 2.15. The normalized spacial score (nSPS) is 13.1. The van der Waals surface area contributed by atoms with Crippen molar-refractivity contribution >= 4 is 5.97 Å². The first-order valence-corrected chi connectivity index (χ1v) is 4.72. The quantitative estimate of drug-likeness (QED) is 0.181. The lowest BCUT2D eigenvalue weighted by Gasteiger charge is -2.21. The van der Waals surface area contributed by atoms with Crippen LogP contribution in [0, 0.1) is 5.92 Å². The van der Waals surface area contributed by atoms with E-state index in [-0.39, 0.29) is 18.4 Å². The van der Waals surface area contributed by atoms with Gasteiger partial charge < -0.3 is 5.11 Å². The van der Waals surface area contributed by atoms with E-state index < -0.39 is 5.97 Å². The molecule has 0 aliphatic heterocycles. The number of hydrogen-bond acceptors (Lipinski definition) is 7. The summed E-state index contributed by atoms with van der Waals surface area (Å²) in [5.41, 5.74) is 15.8. The van der Waals surface area contributed by atoms with Gasteiger partial charge in [0.15, 0.2) is 0 Å². The zero-order valence-electron chi connectivity index (χ0n) is 9.22. The van der Waals surface area contributed by atoms with Gasteiger partial charge in [0.05, 0.1) is 6.42 Å². The van der Waals surface area contributed by atoms with Crippen LogP contribution in [0.15, 0.2) is 0 Å². The molecule has 15 heavy (non-hydrogen) atoms. The first-order chi connectivity index (χ1) is 7.07. The van der Waals surface area contributed by atoms with Gasteiger partial charge in [-0.2, -0.15) is 22.1 Å². The molecule has 0 aromatic carbocycles. The monoisotopic (exact) mass is 220 g/mol. The van der Waals surface area contributed by atoms with E-state index in [1.807, 2.05) is 13.8 Å². The van der Waals surface area contributed by atoms with Crippen LogP contribution < -0.4 is 33.0 Å². The van der Waals surface area contributed by atoms with E-state index in [0.29, 0.717) is 0 Å². The number of hydrazine groups is 5. The molecule has 0 aromatic heterocycles. The summed E-state index contributed by atoms with van der Waals surface area (Å²) >= 11 is 0. The summed E-state index contributed by atoms with van der Waals surface area (Å²) < 4.78 is 0. The van der Waals surface area contributed by atoms with E-state index in [1.54, 1.807) is 7.05 Å². The standard InChI is InChI=1S/C7H20N6O2/c1-5(2)6(4-7(14)15)9-11-13-12-10-8-3/h5-6,8-13H,4H2,1-3H3,(H,14,15)/t6-/m1/s1. The van der Waals surface area contributed by atoms with Crippen LogP contribution >= 0.6 is 0 Å². The van der Waals surface area contributed by atoms with Crippen LogP contribution in [0.5, 0.6) is 0 Å². The molecule has 0 saturated carbocycles. The Labute approximate surface area is 89.0 Å². The Morgan fingerprint density at radius 3 is 2.27 bits per heavy atom. The van der Waals surface area contributed by atoms with Gasteiger partial charge in [0.1, 0.15) is 0 Å². The van der Waals surface area contributed by atoms with Gasteiger partial charge in [0, 0.05) is 6.04 Å². The molecule has 0 unspecified atom stereocenters. The van der Waals surface area contributed by atoms with E-state index in [2.05, 4.69) is 33.0 Å². The van der Waals surface area contributed by atoms with Crippen LogP contribution in [0.3, 0.4) is 0 Å². The number of carboxylic acids is 1. The van der Waals surface area contributed by atoms with Crippen molar-refractivity contribution in [1.29, 1.82) is 0 Å². The molecule has 0 saturated heterocycles. The Bertz CT molecular complexity index is 177. The first kappa shape index (κ1) is 14.2. The molecule has 0 fully saturated rings. The van der Waals surface area contributed by atoms with E-state index in [0.717, 1.165) is 0 Å². The number of hydrogen-bond donors (Lipinski definition) is 7. The Balaban J connectivity index is 3.62. The molecule has 0 amide bonds. The molecule has 0 aliphatic carbocycles. The van der Waals surface area contributed by atoms with Gasteiger partial charge in [-0.1, -0.05) is 13.8 Å². The molecule has 1 atom stereocenters. The zero-order chi connectivity index (χ0) is 11.7. The SMILES string of the molecule is CNNNNNN[C@H](CC(=O)O)C(C)C. The van der Waals surface area contributed by atoms with E-state index >= 15 is 0 Å². The lowest BCUT2D eigenvalue weighted by molar-refractivity contribution is -0.138. The second-order valence-corrected chi connectivity index (χ2v) is 3.34. The number of carboxylic acid groups (broad SMARTS) is 1. The smallest absolute Gasteiger partial charge is 0.304 e. The van der Waals surface area contributed by atoms with Crippen LogP contribution in [0.25, 0.3) is 0 Å². The first-order valence-electron chi connectivity index (χ1n) is 4.72. The van der Waals surface area contributed by atoms with Crippen molar-refractivity contribution in [2.45, 2.75) is 26.3 Å². The molecule has 0 aliphatic rings. The molecule has 8 nitrogen and oxygen atoms in total. The number of nitrogens with one attached hydrogen (secondary N) is 6. The number of carbonyl (C=O) groups is 1. The minimum atomic E-state index is -0.829. The minimum absolute atomic E-state index is 0.0613. The van der Waals surface area contributed by atoms with Crippen LogP contribution in [0.1, 0.15) is 20.3 Å². The third-order valence-corrected chi connectivity index (χ3v) is 1.77. The lowest BCUT2D eigenvalue weighted by Crippen LogP contribution is -2.60. The highest BCUT2D eigenvalue weighted by atomic mass is 16.4. The van der Waals surface area contributed by atoms with Crippen molar-refractivity contribution in [2.75, 3.05) is 7.05 Å². The predicted molar refractivity (Wildman–Crippen MR) is 55.6 cm³/mol. The molecule has 0 aromatic rings. The van der Waals surface area contributed by atoms with Crippen molar-refractivity contribution in [3.8, 4) is 0 Å². The van der Waals surface area contributed by atoms with Crippen LogP contribution in [-0.4, -0.2) is 24.2 Å². The maximum absolute atomic E-state index is 10.5. The Morgan fingerprint density at radius 2 is 1.80 bits per heavy atom. The van der Waals surface area contributed by atoms with Gasteiger partial charge in [-0.3, -0.25) is 4.79 Å². The van der Waals surface area contributed by atoms with E-state index in [4.69, 9.17) is 5.11 Å². The molecule has 0 radical (unpaired) electrons. The molecule has 0 heterocycles.